The smallest absolute Gasteiger partial charge is 0 e. The second-order valence-electron chi connectivity index (χ2n) is 0.478. The van der Waals surface area contributed by atoms with Crippen molar-refractivity contribution in [3.8, 4) is 0 Å². The zero-order chi connectivity index (χ0) is 4.28. The van der Waals surface area contributed by atoms with Crippen LogP contribution < -0.4 is 0 Å². The van der Waals surface area contributed by atoms with Crippen LogP contribution in [0.1, 0.15) is 0 Å². The van der Waals surface area contributed by atoms with Gasteiger partial charge in [-0.15, -0.1) is 0 Å². The monoisotopic (exact) mass is 227 g/mol. The Labute approximate surface area is 71.1 Å². The van der Waals surface area contributed by atoms with Crippen LogP contribution in [0.25, 0.3) is 0 Å². The zero-order valence-electron chi connectivity index (χ0n) is 3.18. The van der Waals surface area contributed by atoms with E-state index in [9.17, 15) is 4.79 Å². The van der Waals surface area contributed by atoms with Gasteiger partial charge in [0.2, 0.25) is 0 Å². The van der Waals surface area contributed by atoms with Crippen molar-refractivity contribution in [2.45, 2.75) is 0 Å². The third-order valence-electron chi connectivity index (χ3n) is 0.148. The molecule has 0 heterocycles. The quantitative estimate of drug-likeness (QED) is 0.464. The topological polar surface area (TPSA) is 17.1 Å². The van der Waals surface area contributed by atoms with Crippen molar-refractivity contribution in [2.75, 3.05) is 0 Å². The van der Waals surface area contributed by atoms with E-state index in [0.717, 1.165) is 6.08 Å². The maximum absolute atomic E-state index is 9.53. The van der Waals surface area contributed by atoms with Crippen molar-refractivity contribution in [2.24, 2.45) is 0 Å². The standard InChI is InChI=1S/C3H3O.Fe.2Ni/c1-2-3-4;;;/h2H,1H2;;;. The van der Waals surface area contributed by atoms with Crippen LogP contribution in [0.5, 0.6) is 0 Å². The first-order valence-corrected chi connectivity index (χ1v) is 1.55. The molecule has 1 nitrogen and oxygen atoms in total. The van der Waals surface area contributed by atoms with E-state index < -0.39 is 0 Å². The molecule has 0 N–H and O–H groups in total. The molecule has 0 aromatic carbocycles. The minimum Gasteiger partial charge on any atom is 0 e. The van der Waals surface area contributed by atoms with Crippen LogP contribution in [0.4, 0.5) is 0 Å². The van der Waals surface area contributed by atoms with Crippen molar-refractivity contribution >= 4 is 4.75 Å². The van der Waals surface area contributed by atoms with Crippen molar-refractivity contribution in [3.63, 3.8) is 0 Å². The van der Waals surface area contributed by atoms with Crippen LogP contribution in [0.15, 0.2) is 12.7 Å². The van der Waals surface area contributed by atoms with Crippen molar-refractivity contribution in [3.05, 3.63) is 12.7 Å². The fourth-order valence-electron chi connectivity index (χ4n) is 0. The van der Waals surface area contributed by atoms with Gasteiger partial charge in [-0.1, -0.05) is 0 Å². The third-order valence-corrected chi connectivity index (χ3v) is 0.349. The number of carbonyl (C=O) groups is 1. The fourth-order valence-corrected chi connectivity index (χ4v) is 0. The van der Waals surface area contributed by atoms with Gasteiger partial charge in [0.05, 0.1) is 0 Å². The van der Waals surface area contributed by atoms with Gasteiger partial charge in [-0.05, 0) is 0 Å². The van der Waals surface area contributed by atoms with Gasteiger partial charge in [0.1, 0.15) is 0 Å². The molecular weight excluding hydrogens is 225 g/mol. The second-order valence-corrected chi connectivity index (χ2v) is 0.965. The normalized spacial score (nSPS) is 4.86. The summed E-state index contributed by atoms with van der Waals surface area (Å²) in [7, 11) is 0. The molecule has 0 aliphatic heterocycles. The van der Waals surface area contributed by atoms with Crippen molar-refractivity contribution < 1.29 is 53.8 Å². The van der Waals surface area contributed by atoms with Crippen LogP contribution in [-0.2, 0) is 53.8 Å². The van der Waals surface area contributed by atoms with Gasteiger partial charge in [0.25, 0.3) is 0 Å². The van der Waals surface area contributed by atoms with Gasteiger partial charge in [-0.25, -0.2) is 0 Å². The molecule has 0 saturated heterocycles. The molecule has 4 heteroatoms. The molecule has 0 spiro atoms. The van der Waals surface area contributed by atoms with Gasteiger partial charge in [0, 0.05) is 33.6 Å². The molecule has 49 valence electrons. The van der Waals surface area contributed by atoms with Crippen LogP contribution in [0, 0.1) is 0 Å². The Balaban J connectivity index is -0.0000000800. The maximum atomic E-state index is 9.53. The minimum absolute atomic E-state index is 0. The Morgan fingerprint density at radius 2 is 1.86 bits per heavy atom. The first-order chi connectivity index (χ1) is 2.27. The maximum Gasteiger partial charge on any atom is 0 e. The van der Waals surface area contributed by atoms with Crippen LogP contribution in [0.3, 0.4) is 0 Å². The van der Waals surface area contributed by atoms with Crippen molar-refractivity contribution in [1.82, 2.24) is 0 Å². The van der Waals surface area contributed by atoms with E-state index in [1.54, 1.807) is 0 Å². The Morgan fingerprint density at radius 1 is 1.71 bits per heavy atom. The zero-order valence-corrected chi connectivity index (χ0v) is 6.26. The Morgan fingerprint density at radius 3 is 1.86 bits per heavy atom. The fraction of sp³-hybridized carbons (Fsp3) is 0. The number of rotatable bonds is 1. The van der Waals surface area contributed by atoms with Gasteiger partial charge in [0.15, 0.2) is 0 Å². The molecule has 0 saturated carbocycles. The summed E-state index contributed by atoms with van der Waals surface area (Å²) < 4.78 is -0.356. The minimum atomic E-state index is -0.356. The molecule has 0 unspecified atom stereocenters. The second kappa shape index (κ2) is 10.0. The molecule has 0 fully saturated rings. The van der Waals surface area contributed by atoms with Crippen molar-refractivity contribution in [1.29, 1.82) is 0 Å². The summed E-state index contributed by atoms with van der Waals surface area (Å²) in [6, 6.07) is 0. The van der Waals surface area contributed by atoms with Gasteiger partial charge in [-0.3, -0.25) is 0 Å². The first kappa shape index (κ1) is 15.7. The first-order valence-electron chi connectivity index (χ1n) is 1.06. The van der Waals surface area contributed by atoms with Gasteiger partial charge < -0.3 is 0 Å². The molecule has 0 aromatic heterocycles. The molecule has 0 amide bonds. The molecule has 7 heavy (non-hydrogen) atoms. The van der Waals surface area contributed by atoms with E-state index in [-0.39, 0.29) is 38.3 Å². The Hall–Kier alpha value is 0.916. The molecule has 0 aliphatic carbocycles. The van der Waals surface area contributed by atoms with Crippen LogP contribution >= 0.6 is 0 Å². The predicted molar refractivity (Wildman–Crippen MR) is 15.2 cm³/mol. The molecule has 0 atom stereocenters. The molecule has 0 aromatic rings. The molecule has 0 bridgehead atoms. The van der Waals surface area contributed by atoms with E-state index >= 15 is 0 Å². The average molecular weight is 228 g/mol. The van der Waals surface area contributed by atoms with E-state index in [1.807, 2.05) is 0 Å². The average Bonchev–Trinajstić information content (AvgIpc) is 1.38. The van der Waals surface area contributed by atoms with E-state index in [0.29, 0.717) is 0 Å². The van der Waals surface area contributed by atoms with Gasteiger partial charge >= 0.3 is 37.7 Å². The van der Waals surface area contributed by atoms with Gasteiger partial charge in [-0.2, -0.15) is 0 Å². The number of allylic oxidation sites excluding steroid dienone is 1. The number of hydrogen-bond donors (Lipinski definition) is 0. The van der Waals surface area contributed by atoms with Crippen LogP contribution in [-0.4, -0.2) is 4.75 Å². The Kier molecular flexibility index (Phi) is 22.4. The number of carbonyl (C=O) groups excluding carboxylic acids is 1. The van der Waals surface area contributed by atoms with E-state index in [2.05, 4.69) is 22.0 Å². The third kappa shape index (κ3) is 19.7. The summed E-state index contributed by atoms with van der Waals surface area (Å²) in [5.74, 6) is 0. The molecular formula is C3H3FeNi2O. The van der Waals surface area contributed by atoms with E-state index in [4.69, 9.17) is 0 Å². The summed E-state index contributed by atoms with van der Waals surface area (Å²) in [6.07, 6.45) is 1.11. The number of hydrogen-bond acceptors (Lipinski definition) is 1. The van der Waals surface area contributed by atoms with E-state index in [1.165, 1.54) is 0 Å². The van der Waals surface area contributed by atoms with Crippen LogP contribution in [0.2, 0.25) is 0 Å². The summed E-state index contributed by atoms with van der Waals surface area (Å²) in [5.41, 5.74) is 0. The molecule has 0 radical (unpaired) electrons. The summed E-state index contributed by atoms with van der Waals surface area (Å²) in [6.45, 7) is 3.12. The predicted octanol–water partition coefficient (Wildman–Crippen LogP) is 0.241. The summed E-state index contributed by atoms with van der Waals surface area (Å²) in [5, 5.41) is 0. The Bertz CT molecular complexity index is 64.0. The molecule has 0 rings (SSSR count). The summed E-state index contributed by atoms with van der Waals surface area (Å²) in [4.78, 5) is 9.53. The SMILES string of the molecule is C=C[C](=O)[Ni].[Fe].[Ni]. The largest absolute Gasteiger partial charge is 0 e. The molecule has 0 aliphatic rings. The summed E-state index contributed by atoms with van der Waals surface area (Å²) >= 11 is 3.77.